The van der Waals surface area contributed by atoms with Gasteiger partial charge in [-0.1, -0.05) is 24.3 Å². The smallest absolute Gasteiger partial charge is 0.261 e. The van der Waals surface area contributed by atoms with Crippen molar-refractivity contribution >= 4 is 34.1 Å². The number of carbonyl (C=O) groups is 2. The lowest BCUT2D eigenvalue weighted by atomic mass is 10.2. The number of para-hydroxylation sites is 1. The van der Waals surface area contributed by atoms with Gasteiger partial charge in [-0.3, -0.25) is 9.59 Å². The highest BCUT2D eigenvalue weighted by atomic mass is 32.1. The predicted octanol–water partition coefficient (Wildman–Crippen LogP) is 3.10. The third-order valence-electron chi connectivity index (χ3n) is 3.40. The normalized spacial score (nSPS) is 12.0. The molecule has 0 radical (unpaired) electrons. The van der Waals surface area contributed by atoms with E-state index in [1.165, 1.54) is 11.3 Å². The Morgan fingerprint density at radius 3 is 2.78 bits per heavy atom. The lowest BCUT2D eigenvalue weighted by Crippen LogP contribution is -2.37. The number of rotatable bonds is 5. The van der Waals surface area contributed by atoms with E-state index in [1.807, 2.05) is 42.6 Å². The molecule has 0 spiro atoms. The van der Waals surface area contributed by atoms with Crippen LogP contribution >= 0.6 is 11.3 Å². The molecule has 2 aromatic heterocycles. The monoisotopic (exact) mass is 328 g/mol. The molecule has 23 heavy (non-hydrogen) atoms. The van der Waals surface area contributed by atoms with Crippen molar-refractivity contribution in [2.24, 2.45) is 0 Å². The maximum atomic E-state index is 12.0. The maximum Gasteiger partial charge on any atom is 0.261 e. The lowest BCUT2D eigenvalue weighted by molar-refractivity contribution is -0.120. The quantitative estimate of drug-likeness (QED) is 0.756. The van der Waals surface area contributed by atoms with Crippen molar-refractivity contribution in [3.63, 3.8) is 0 Å². The third kappa shape index (κ3) is 3.60. The zero-order valence-corrected chi connectivity index (χ0v) is 13.4. The Bertz CT molecular complexity index is 790. The van der Waals surface area contributed by atoms with E-state index in [0.29, 0.717) is 10.6 Å². The zero-order chi connectivity index (χ0) is 16.2. The molecule has 6 heteroatoms. The van der Waals surface area contributed by atoms with E-state index < -0.39 is 0 Å². The van der Waals surface area contributed by atoms with E-state index >= 15 is 0 Å². The van der Waals surface area contributed by atoms with Crippen LogP contribution in [-0.2, 0) is 4.79 Å². The van der Waals surface area contributed by atoms with E-state index in [-0.39, 0.29) is 24.4 Å². The molecule has 2 heterocycles. The zero-order valence-electron chi connectivity index (χ0n) is 12.5. The summed E-state index contributed by atoms with van der Waals surface area (Å²) in [5, 5.41) is 8.22. The number of furan rings is 1. The van der Waals surface area contributed by atoms with Crippen molar-refractivity contribution in [2.45, 2.75) is 13.0 Å². The van der Waals surface area contributed by atoms with Gasteiger partial charge in [-0.2, -0.15) is 0 Å². The van der Waals surface area contributed by atoms with Crippen LogP contribution in [0.25, 0.3) is 11.0 Å². The fraction of sp³-hybridized carbons (Fsp3) is 0.176. The van der Waals surface area contributed by atoms with Gasteiger partial charge < -0.3 is 15.1 Å². The van der Waals surface area contributed by atoms with Crippen molar-refractivity contribution in [2.75, 3.05) is 6.54 Å². The highest BCUT2D eigenvalue weighted by Gasteiger charge is 2.15. The molecule has 118 valence electrons. The van der Waals surface area contributed by atoms with Crippen LogP contribution in [0.15, 0.2) is 52.3 Å². The summed E-state index contributed by atoms with van der Waals surface area (Å²) in [6.07, 6.45) is 0. The SMILES string of the molecule is C[C@H](NC(=O)CNC(=O)c1cccs1)c1cc2ccccc2o1. The van der Waals surface area contributed by atoms with E-state index in [9.17, 15) is 9.59 Å². The first kappa shape index (κ1) is 15.3. The van der Waals surface area contributed by atoms with Gasteiger partial charge in [0.25, 0.3) is 5.91 Å². The minimum atomic E-state index is -0.270. The highest BCUT2D eigenvalue weighted by molar-refractivity contribution is 7.12. The molecular formula is C17H16N2O3S. The second-order valence-electron chi connectivity index (χ2n) is 5.14. The average molecular weight is 328 g/mol. The summed E-state index contributed by atoms with van der Waals surface area (Å²) >= 11 is 1.34. The summed E-state index contributed by atoms with van der Waals surface area (Å²) in [5.74, 6) is 0.179. The van der Waals surface area contributed by atoms with Crippen molar-refractivity contribution in [1.29, 1.82) is 0 Å². The fourth-order valence-electron chi connectivity index (χ4n) is 2.23. The molecule has 0 unspecified atom stereocenters. The van der Waals surface area contributed by atoms with Gasteiger partial charge >= 0.3 is 0 Å². The Labute approximate surface area is 137 Å². The summed E-state index contributed by atoms with van der Waals surface area (Å²) in [6.45, 7) is 1.78. The van der Waals surface area contributed by atoms with Crippen LogP contribution in [0.4, 0.5) is 0 Å². The number of fused-ring (bicyclic) bond motifs is 1. The average Bonchev–Trinajstić information content (AvgIpc) is 3.21. The number of nitrogens with one attached hydrogen (secondary N) is 2. The summed E-state index contributed by atoms with van der Waals surface area (Å²) in [6, 6.07) is 12.8. The molecule has 0 bridgehead atoms. The first-order valence-corrected chi connectivity index (χ1v) is 8.11. The maximum absolute atomic E-state index is 12.0. The van der Waals surface area contributed by atoms with Crippen LogP contribution in [0.2, 0.25) is 0 Å². The second kappa shape index (κ2) is 6.66. The fourth-order valence-corrected chi connectivity index (χ4v) is 2.87. The van der Waals surface area contributed by atoms with Gasteiger partial charge in [-0.25, -0.2) is 0 Å². The molecule has 5 nitrogen and oxygen atoms in total. The molecule has 2 amide bonds. The van der Waals surface area contributed by atoms with Crippen LogP contribution in [0, 0.1) is 0 Å². The van der Waals surface area contributed by atoms with Gasteiger partial charge in [0.2, 0.25) is 5.91 Å². The van der Waals surface area contributed by atoms with Crippen LogP contribution in [0.1, 0.15) is 28.4 Å². The van der Waals surface area contributed by atoms with Gasteiger partial charge in [0.1, 0.15) is 11.3 Å². The third-order valence-corrected chi connectivity index (χ3v) is 4.27. The Morgan fingerprint density at radius 2 is 2.04 bits per heavy atom. The molecule has 0 aliphatic carbocycles. The van der Waals surface area contributed by atoms with Crippen molar-refractivity contribution in [3.05, 3.63) is 58.5 Å². The summed E-state index contributed by atoms with van der Waals surface area (Å²) in [5.41, 5.74) is 0.787. The summed E-state index contributed by atoms with van der Waals surface area (Å²) < 4.78 is 5.71. The molecular weight excluding hydrogens is 312 g/mol. The van der Waals surface area contributed by atoms with Crippen LogP contribution in [0.5, 0.6) is 0 Å². The van der Waals surface area contributed by atoms with Crippen molar-refractivity contribution < 1.29 is 14.0 Å². The molecule has 0 aliphatic rings. The molecule has 0 aliphatic heterocycles. The molecule has 1 atom stereocenters. The molecule has 0 saturated carbocycles. The van der Waals surface area contributed by atoms with E-state index in [4.69, 9.17) is 4.42 Å². The topological polar surface area (TPSA) is 71.3 Å². The molecule has 0 fully saturated rings. The first-order chi connectivity index (χ1) is 11.1. The van der Waals surface area contributed by atoms with Crippen molar-refractivity contribution in [3.8, 4) is 0 Å². The van der Waals surface area contributed by atoms with Gasteiger partial charge in [0.05, 0.1) is 17.5 Å². The van der Waals surface area contributed by atoms with Gasteiger partial charge in [0, 0.05) is 5.39 Å². The Hall–Kier alpha value is -2.60. The highest BCUT2D eigenvalue weighted by Crippen LogP contribution is 2.23. The number of hydrogen-bond donors (Lipinski definition) is 2. The molecule has 3 rings (SSSR count). The predicted molar refractivity (Wildman–Crippen MR) is 89.4 cm³/mol. The summed E-state index contributed by atoms with van der Waals surface area (Å²) in [7, 11) is 0. The largest absolute Gasteiger partial charge is 0.459 e. The number of carbonyl (C=O) groups excluding carboxylic acids is 2. The van der Waals surface area contributed by atoms with Gasteiger partial charge in [-0.15, -0.1) is 11.3 Å². The standard InChI is InChI=1S/C17H16N2O3S/c1-11(14-9-12-5-2-3-6-13(12)22-14)19-16(20)10-18-17(21)15-7-4-8-23-15/h2-9,11H,10H2,1H3,(H,18,21)(H,19,20)/t11-/m0/s1. The van der Waals surface area contributed by atoms with E-state index in [0.717, 1.165) is 11.0 Å². The summed E-state index contributed by atoms with van der Waals surface area (Å²) in [4.78, 5) is 24.3. The Morgan fingerprint density at radius 1 is 1.22 bits per heavy atom. The van der Waals surface area contributed by atoms with Crippen molar-refractivity contribution in [1.82, 2.24) is 10.6 Å². The molecule has 2 N–H and O–H groups in total. The minimum absolute atomic E-state index is 0.0682. The second-order valence-corrected chi connectivity index (χ2v) is 6.08. The van der Waals surface area contributed by atoms with Crippen LogP contribution in [-0.4, -0.2) is 18.4 Å². The number of thiophene rings is 1. The van der Waals surface area contributed by atoms with Crippen LogP contribution in [0.3, 0.4) is 0 Å². The first-order valence-electron chi connectivity index (χ1n) is 7.23. The minimum Gasteiger partial charge on any atom is -0.459 e. The van der Waals surface area contributed by atoms with Gasteiger partial charge in [0.15, 0.2) is 0 Å². The molecule has 3 aromatic rings. The van der Waals surface area contributed by atoms with E-state index in [2.05, 4.69) is 10.6 Å². The molecule has 1 aromatic carbocycles. The number of hydrogen-bond acceptors (Lipinski definition) is 4. The Kier molecular flexibility index (Phi) is 4.43. The van der Waals surface area contributed by atoms with Crippen LogP contribution < -0.4 is 10.6 Å². The van der Waals surface area contributed by atoms with Gasteiger partial charge in [-0.05, 0) is 30.5 Å². The van der Waals surface area contributed by atoms with E-state index in [1.54, 1.807) is 12.1 Å². The Balaban J connectivity index is 1.55. The number of amides is 2. The molecule has 0 saturated heterocycles. The lowest BCUT2D eigenvalue weighted by Gasteiger charge is -2.11. The number of benzene rings is 1.